The Balaban J connectivity index is 2.08. The van der Waals surface area contributed by atoms with Gasteiger partial charge in [0.2, 0.25) is 0 Å². The van der Waals surface area contributed by atoms with Crippen LogP contribution in [-0.4, -0.2) is 23.3 Å². The number of nitrogens with zero attached hydrogens (tertiary/aromatic N) is 2. The van der Waals surface area contributed by atoms with Gasteiger partial charge in [0.05, 0.1) is 12.2 Å². The molecule has 1 aromatic carbocycles. The van der Waals surface area contributed by atoms with Gasteiger partial charge in [-0.1, -0.05) is 37.3 Å². The van der Waals surface area contributed by atoms with Crippen molar-refractivity contribution in [3.05, 3.63) is 29.3 Å². The summed E-state index contributed by atoms with van der Waals surface area (Å²) in [4.78, 5) is 0. The van der Waals surface area contributed by atoms with Gasteiger partial charge in [0.15, 0.2) is 5.01 Å². The summed E-state index contributed by atoms with van der Waals surface area (Å²) in [6, 6.07) is 7.96. The van der Waals surface area contributed by atoms with Crippen LogP contribution >= 0.6 is 11.3 Å². The van der Waals surface area contributed by atoms with Crippen molar-refractivity contribution in [2.75, 3.05) is 13.2 Å². The highest BCUT2D eigenvalue weighted by Crippen LogP contribution is 2.31. The normalized spacial score (nSPS) is 11.0. The third kappa shape index (κ3) is 4.02. The smallest absolute Gasteiger partial charge is 0.151 e. The molecule has 0 spiro atoms. The number of para-hydroxylation sites is 1. The Morgan fingerprint density at radius 1 is 1.25 bits per heavy atom. The minimum absolute atomic E-state index is 0.640. The van der Waals surface area contributed by atoms with Crippen LogP contribution in [0.3, 0.4) is 0 Å². The Bertz CT molecular complexity index is 539. The molecular formula is C15H21N3OS. The summed E-state index contributed by atoms with van der Waals surface area (Å²) in [7, 11) is 0. The summed E-state index contributed by atoms with van der Waals surface area (Å²) in [5, 5.41) is 13.8. The van der Waals surface area contributed by atoms with Gasteiger partial charge in [-0.3, -0.25) is 0 Å². The van der Waals surface area contributed by atoms with Crippen LogP contribution in [0.4, 0.5) is 0 Å². The molecule has 0 saturated heterocycles. The molecule has 0 fully saturated rings. The van der Waals surface area contributed by atoms with E-state index in [1.807, 2.05) is 31.2 Å². The zero-order chi connectivity index (χ0) is 14.4. The summed E-state index contributed by atoms with van der Waals surface area (Å²) < 4.78 is 5.64. The molecule has 0 bridgehead atoms. The first-order valence-electron chi connectivity index (χ1n) is 6.96. The monoisotopic (exact) mass is 291 g/mol. The minimum atomic E-state index is 0.640. The number of benzene rings is 1. The molecule has 1 aromatic heterocycles. The Kier molecular flexibility index (Phi) is 5.49. The van der Waals surface area contributed by atoms with E-state index in [9.17, 15) is 0 Å². The van der Waals surface area contributed by atoms with Crippen molar-refractivity contribution in [1.29, 1.82) is 0 Å². The molecule has 2 rings (SSSR count). The number of ether oxygens (including phenoxy) is 1. The van der Waals surface area contributed by atoms with Crippen molar-refractivity contribution in [3.8, 4) is 16.3 Å². The average molecular weight is 291 g/mol. The fourth-order valence-electron chi connectivity index (χ4n) is 1.83. The molecule has 1 N–H and O–H groups in total. The van der Waals surface area contributed by atoms with Crippen molar-refractivity contribution >= 4 is 11.3 Å². The quantitative estimate of drug-likeness (QED) is 0.850. The molecule has 0 atom stereocenters. The summed E-state index contributed by atoms with van der Waals surface area (Å²) in [5.74, 6) is 1.51. The largest absolute Gasteiger partial charge is 0.493 e. The maximum absolute atomic E-state index is 5.64. The van der Waals surface area contributed by atoms with E-state index in [2.05, 4.69) is 29.4 Å². The fourth-order valence-corrected chi connectivity index (χ4v) is 2.67. The SMILES string of the molecule is CCOc1ccccc1-c1nnc(CNCC(C)C)s1. The van der Waals surface area contributed by atoms with Gasteiger partial charge >= 0.3 is 0 Å². The van der Waals surface area contributed by atoms with E-state index >= 15 is 0 Å². The molecule has 4 nitrogen and oxygen atoms in total. The predicted octanol–water partition coefficient (Wildman–Crippen LogP) is 3.35. The molecule has 0 unspecified atom stereocenters. The highest BCUT2D eigenvalue weighted by atomic mass is 32.1. The number of nitrogens with one attached hydrogen (secondary N) is 1. The second-order valence-electron chi connectivity index (χ2n) is 4.95. The van der Waals surface area contributed by atoms with Gasteiger partial charge in [0, 0.05) is 6.54 Å². The Morgan fingerprint density at radius 3 is 2.80 bits per heavy atom. The third-order valence-electron chi connectivity index (χ3n) is 2.71. The highest BCUT2D eigenvalue weighted by molar-refractivity contribution is 7.14. The van der Waals surface area contributed by atoms with Crippen LogP contribution in [0, 0.1) is 5.92 Å². The maximum Gasteiger partial charge on any atom is 0.151 e. The lowest BCUT2D eigenvalue weighted by molar-refractivity contribution is 0.341. The van der Waals surface area contributed by atoms with Crippen LogP contribution in [0.5, 0.6) is 5.75 Å². The van der Waals surface area contributed by atoms with E-state index in [4.69, 9.17) is 4.74 Å². The molecule has 108 valence electrons. The van der Waals surface area contributed by atoms with Crippen molar-refractivity contribution in [3.63, 3.8) is 0 Å². The van der Waals surface area contributed by atoms with Crippen LogP contribution in [0.1, 0.15) is 25.8 Å². The second-order valence-corrected chi connectivity index (χ2v) is 6.02. The number of rotatable bonds is 7. The van der Waals surface area contributed by atoms with Crippen molar-refractivity contribution < 1.29 is 4.74 Å². The van der Waals surface area contributed by atoms with Gasteiger partial charge in [-0.2, -0.15) is 0 Å². The molecule has 0 amide bonds. The molecule has 2 aromatic rings. The number of hydrogen-bond donors (Lipinski definition) is 1. The summed E-state index contributed by atoms with van der Waals surface area (Å²) in [6.07, 6.45) is 0. The molecule has 0 aliphatic carbocycles. The molecule has 0 saturated carbocycles. The van der Waals surface area contributed by atoms with E-state index in [-0.39, 0.29) is 0 Å². The molecular weight excluding hydrogens is 270 g/mol. The maximum atomic E-state index is 5.64. The van der Waals surface area contributed by atoms with E-state index in [1.54, 1.807) is 11.3 Å². The molecule has 1 heterocycles. The van der Waals surface area contributed by atoms with Crippen LogP contribution in [-0.2, 0) is 6.54 Å². The van der Waals surface area contributed by atoms with Crippen LogP contribution < -0.4 is 10.1 Å². The van der Waals surface area contributed by atoms with Crippen molar-refractivity contribution in [2.45, 2.75) is 27.3 Å². The summed E-state index contributed by atoms with van der Waals surface area (Å²) in [5.41, 5.74) is 1.02. The van der Waals surface area contributed by atoms with Crippen LogP contribution in [0.15, 0.2) is 24.3 Å². The van der Waals surface area contributed by atoms with E-state index in [0.29, 0.717) is 12.5 Å². The second kappa shape index (κ2) is 7.36. The first-order chi connectivity index (χ1) is 9.70. The van der Waals surface area contributed by atoms with E-state index in [0.717, 1.165) is 34.4 Å². The molecule has 0 aliphatic heterocycles. The first-order valence-corrected chi connectivity index (χ1v) is 7.77. The first kappa shape index (κ1) is 14.9. The van der Waals surface area contributed by atoms with Crippen LogP contribution in [0.2, 0.25) is 0 Å². The lowest BCUT2D eigenvalue weighted by Gasteiger charge is -2.06. The van der Waals surface area contributed by atoms with Gasteiger partial charge in [0.1, 0.15) is 10.8 Å². The van der Waals surface area contributed by atoms with Gasteiger partial charge in [-0.25, -0.2) is 0 Å². The lowest BCUT2D eigenvalue weighted by atomic mass is 10.2. The highest BCUT2D eigenvalue weighted by Gasteiger charge is 2.11. The number of aromatic nitrogens is 2. The summed E-state index contributed by atoms with van der Waals surface area (Å²) in [6.45, 7) is 8.78. The van der Waals surface area contributed by atoms with Crippen LogP contribution in [0.25, 0.3) is 10.6 Å². The van der Waals surface area contributed by atoms with E-state index < -0.39 is 0 Å². The Labute approximate surface area is 124 Å². The molecule has 0 radical (unpaired) electrons. The van der Waals surface area contributed by atoms with Gasteiger partial charge in [-0.05, 0) is 31.5 Å². The number of hydrogen-bond acceptors (Lipinski definition) is 5. The summed E-state index contributed by atoms with van der Waals surface area (Å²) >= 11 is 1.61. The fraction of sp³-hybridized carbons (Fsp3) is 0.467. The van der Waals surface area contributed by atoms with Gasteiger partial charge in [0.25, 0.3) is 0 Å². The molecule has 5 heteroatoms. The van der Waals surface area contributed by atoms with Gasteiger partial charge in [-0.15, -0.1) is 10.2 Å². The minimum Gasteiger partial charge on any atom is -0.493 e. The van der Waals surface area contributed by atoms with E-state index in [1.165, 1.54) is 0 Å². The third-order valence-corrected chi connectivity index (χ3v) is 3.67. The predicted molar refractivity (Wildman–Crippen MR) is 83.1 cm³/mol. The zero-order valence-electron chi connectivity index (χ0n) is 12.2. The lowest BCUT2D eigenvalue weighted by Crippen LogP contribution is -2.18. The van der Waals surface area contributed by atoms with Crippen molar-refractivity contribution in [2.24, 2.45) is 5.92 Å². The zero-order valence-corrected chi connectivity index (χ0v) is 13.0. The van der Waals surface area contributed by atoms with Crippen molar-refractivity contribution in [1.82, 2.24) is 15.5 Å². The van der Waals surface area contributed by atoms with Gasteiger partial charge < -0.3 is 10.1 Å². The molecule has 0 aliphatic rings. The standard InChI is InChI=1S/C15H21N3OS/c1-4-19-13-8-6-5-7-12(13)15-18-17-14(20-15)10-16-9-11(2)3/h5-8,11,16H,4,9-10H2,1-3H3. The Hall–Kier alpha value is -1.46. The Morgan fingerprint density at radius 2 is 2.05 bits per heavy atom. The topological polar surface area (TPSA) is 47.0 Å². The molecule has 20 heavy (non-hydrogen) atoms. The average Bonchev–Trinajstić information content (AvgIpc) is 2.88.